The Balaban J connectivity index is 2.27. The number of aryl methyl sites for hydroxylation is 2. The number of nitrogens with two attached hydrogens (primary N) is 1. The maximum Gasteiger partial charge on any atom is 0.274 e. The fourth-order valence-corrected chi connectivity index (χ4v) is 2.02. The summed E-state index contributed by atoms with van der Waals surface area (Å²) in [6, 6.07) is 9.55. The zero-order valence-electron chi connectivity index (χ0n) is 11.7. The number of nitrogens with zero attached hydrogens (tertiary/aromatic N) is 1. The van der Waals surface area contributed by atoms with E-state index in [9.17, 15) is 14.9 Å². The van der Waals surface area contributed by atoms with Gasteiger partial charge in [-0.2, -0.15) is 0 Å². The van der Waals surface area contributed by atoms with Crippen LogP contribution in [0.15, 0.2) is 36.4 Å². The Morgan fingerprint density at radius 2 is 1.86 bits per heavy atom. The highest BCUT2D eigenvalue weighted by Gasteiger charge is 2.14. The lowest BCUT2D eigenvalue weighted by Gasteiger charge is -2.09. The molecule has 0 saturated carbocycles. The zero-order chi connectivity index (χ0) is 15.6. The average molecular weight is 285 g/mol. The Morgan fingerprint density at radius 1 is 1.14 bits per heavy atom. The first-order chi connectivity index (χ1) is 9.88. The number of amides is 1. The van der Waals surface area contributed by atoms with Gasteiger partial charge >= 0.3 is 0 Å². The van der Waals surface area contributed by atoms with Crippen LogP contribution in [0.4, 0.5) is 17.1 Å². The van der Waals surface area contributed by atoms with Crippen LogP contribution in [0, 0.1) is 24.0 Å². The molecule has 0 aliphatic heterocycles. The van der Waals surface area contributed by atoms with Crippen molar-refractivity contribution in [2.75, 3.05) is 11.1 Å². The van der Waals surface area contributed by atoms with Gasteiger partial charge in [-0.25, -0.2) is 0 Å². The van der Waals surface area contributed by atoms with E-state index in [-0.39, 0.29) is 11.6 Å². The second kappa shape index (κ2) is 5.62. The van der Waals surface area contributed by atoms with Crippen LogP contribution >= 0.6 is 0 Å². The minimum Gasteiger partial charge on any atom is -0.399 e. The van der Waals surface area contributed by atoms with Crippen LogP contribution in [-0.4, -0.2) is 10.8 Å². The molecule has 1 amide bonds. The van der Waals surface area contributed by atoms with E-state index in [2.05, 4.69) is 5.32 Å². The van der Waals surface area contributed by atoms with Gasteiger partial charge < -0.3 is 11.1 Å². The van der Waals surface area contributed by atoms with Crippen molar-refractivity contribution >= 4 is 23.0 Å². The molecule has 6 heteroatoms. The topological polar surface area (TPSA) is 98.3 Å². The molecular formula is C15H15N3O3. The molecule has 0 aromatic heterocycles. The lowest BCUT2D eigenvalue weighted by atomic mass is 10.1. The summed E-state index contributed by atoms with van der Waals surface area (Å²) in [5.41, 5.74) is 8.35. The van der Waals surface area contributed by atoms with Crippen molar-refractivity contribution in [2.24, 2.45) is 0 Å². The molecule has 0 aliphatic rings. The third kappa shape index (κ3) is 3.17. The van der Waals surface area contributed by atoms with Gasteiger partial charge in [0.05, 0.1) is 4.92 Å². The summed E-state index contributed by atoms with van der Waals surface area (Å²) in [5.74, 6) is -0.328. The Bertz CT molecular complexity index is 726. The third-order valence-corrected chi connectivity index (χ3v) is 3.16. The van der Waals surface area contributed by atoms with Gasteiger partial charge in [-0.15, -0.1) is 0 Å². The molecule has 0 fully saturated rings. The van der Waals surface area contributed by atoms with Gasteiger partial charge in [-0.3, -0.25) is 14.9 Å². The summed E-state index contributed by atoms with van der Waals surface area (Å²) in [7, 11) is 0. The number of anilines is 2. The molecule has 0 atom stereocenters. The molecule has 2 rings (SSSR count). The lowest BCUT2D eigenvalue weighted by molar-refractivity contribution is -0.385. The number of rotatable bonds is 3. The van der Waals surface area contributed by atoms with Gasteiger partial charge in [0.25, 0.3) is 11.6 Å². The van der Waals surface area contributed by atoms with E-state index in [1.807, 2.05) is 0 Å². The normalized spacial score (nSPS) is 10.2. The molecule has 6 nitrogen and oxygen atoms in total. The van der Waals surface area contributed by atoms with Crippen molar-refractivity contribution < 1.29 is 9.72 Å². The van der Waals surface area contributed by atoms with E-state index in [1.54, 1.807) is 44.2 Å². The first kappa shape index (κ1) is 14.5. The largest absolute Gasteiger partial charge is 0.399 e. The summed E-state index contributed by atoms with van der Waals surface area (Å²) >= 11 is 0. The number of hydrogen-bond acceptors (Lipinski definition) is 4. The summed E-state index contributed by atoms with van der Waals surface area (Å²) in [5, 5.41) is 13.6. The van der Waals surface area contributed by atoms with Crippen LogP contribution in [0.2, 0.25) is 0 Å². The first-order valence-electron chi connectivity index (χ1n) is 6.31. The molecule has 0 bridgehead atoms. The first-order valence-corrected chi connectivity index (χ1v) is 6.31. The summed E-state index contributed by atoms with van der Waals surface area (Å²) < 4.78 is 0. The van der Waals surface area contributed by atoms with Crippen molar-refractivity contribution in [1.82, 2.24) is 0 Å². The fourth-order valence-electron chi connectivity index (χ4n) is 2.02. The molecule has 21 heavy (non-hydrogen) atoms. The summed E-state index contributed by atoms with van der Waals surface area (Å²) in [6.45, 7) is 3.43. The van der Waals surface area contributed by atoms with Crippen LogP contribution in [0.25, 0.3) is 0 Å². The second-order valence-electron chi connectivity index (χ2n) is 4.79. The molecule has 2 aromatic rings. The smallest absolute Gasteiger partial charge is 0.274 e. The van der Waals surface area contributed by atoms with Gasteiger partial charge in [0.2, 0.25) is 0 Å². The number of nitrogens with one attached hydrogen (secondary N) is 1. The number of carbonyl (C=O) groups is 1. The number of nitro benzene ring substituents is 1. The van der Waals surface area contributed by atoms with E-state index in [1.165, 1.54) is 6.07 Å². The molecule has 3 N–H and O–H groups in total. The van der Waals surface area contributed by atoms with E-state index >= 15 is 0 Å². The van der Waals surface area contributed by atoms with E-state index < -0.39 is 4.92 Å². The average Bonchev–Trinajstić information content (AvgIpc) is 2.40. The Morgan fingerprint density at radius 3 is 2.48 bits per heavy atom. The molecular weight excluding hydrogens is 270 g/mol. The second-order valence-corrected chi connectivity index (χ2v) is 4.79. The number of nitro groups is 1. The molecule has 0 aliphatic carbocycles. The molecule has 0 saturated heterocycles. The van der Waals surface area contributed by atoms with Gasteiger partial charge in [0.15, 0.2) is 0 Å². The number of carbonyl (C=O) groups excluding carboxylic acids is 1. The van der Waals surface area contributed by atoms with Gasteiger partial charge in [0, 0.05) is 28.6 Å². The SMILES string of the molecule is Cc1cc(N)ccc1C(=O)Nc1ccc(C)c([N+](=O)[O-])c1. The van der Waals surface area contributed by atoms with Crippen molar-refractivity contribution in [1.29, 1.82) is 0 Å². The minimum absolute atomic E-state index is 0.0261. The molecule has 0 spiro atoms. The molecule has 108 valence electrons. The fraction of sp³-hybridized carbons (Fsp3) is 0.133. The van der Waals surface area contributed by atoms with Crippen LogP contribution in [0.3, 0.4) is 0 Å². The van der Waals surface area contributed by atoms with E-state index in [0.29, 0.717) is 22.5 Å². The highest BCUT2D eigenvalue weighted by Crippen LogP contribution is 2.23. The third-order valence-electron chi connectivity index (χ3n) is 3.16. The van der Waals surface area contributed by atoms with Crippen molar-refractivity contribution in [3.63, 3.8) is 0 Å². The standard InChI is InChI=1S/C15H15N3O3/c1-9-3-5-12(8-14(9)18(20)21)17-15(19)13-6-4-11(16)7-10(13)2/h3-8H,16H2,1-2H3,(H,17,19). The molecule has 0 unspecified atom stereocenters. The van der Waals surface area contributed by atoms with Crippen LogP contribution in [-0.2, 0) is 0 Å². The van der Waals surface area contributed by atoms with E-state index in [0.717, 1.165) is 5.56 Å². The van der Waals surface area contributed by atoms with Crippen molar-refractivity contribution in [3.8, 4) is 0 Å². The van der Waals surface area contributed by atoms with Crippen molar-refractivity contribution in [2.45, 2.75) is 13.8 Å². The highest BCUT2D eigenvalue weighted by atomic mass is 16.6. The number of benzene rings is 2. The number of hydrogen-bond donors (Lipinski definition) is 2. The minimum atomic E-state index is -0.473. The predicted molar refractivity (Wildman–Crippen MR) is 81.4 cm³/mol. The quantitative estimate of drug-likeness (QED) is 0.514. The predicted octanol–water partition coefficient (Wildman–Crippen LogP) is 3.05. The monoisotopic (exact) mass is 285 g/mol. The number of nitrogen functional groups attached to an aromatic ring is 1. The lowest BCUT2D eigenvalue weighted by Crippen LogP contribution is -2.13. The van der Waals surface area contributed by atoms with Crippen LogP contribution < -0.4 is 11.1 Å². The zero-order valence-corrected chi connectivity index (χ0v) is 11.7. The van der Waals surface area contributed by atoms with Crippen LogP contribution in [0.5, 0.6) is 0 Å². The maximum atomic E-state index is 12.2. The van der Waals surface area contributed by atoms with Crippen molar-refractivity contribution in [3.05, 3.63) is 63.2 Å². The van der Waals surface area contributed by atoms with E-state index in [4.69, 9.17) is 5.73 Å². The Hall–Kier alpha value is -2.89. The summed E-state index contributed by atoms with van der Waals surface area (Å²) in [6.07, 6.45) is 0. The maximum absolute atomic E-state index is 12.2. The van der Waals surface area contributed by atoms with Gasteiger partial charge in [-0.05, 0) is 43.7 Å². The van der Waals surface area contributed by atoms with Gasteiger partial charge in [-0.1, -0.05) is 6.07 Å². The van der Waals surface area contributed by atoms with Crippen LogP contribution in [0.1, 0.15) is 21.5 Å². The molecule has 0 heterocycles. The highest BCUT2D eigenvalue weighted by molar-refractivity contribution is 6.05. The Kier molecular flexibility index (Phi) is 3.89. The Labute approximate surface area is 121 Å². The van der Waals surface area contributed by atoms with Gasteiger partial charge in [0.1, 0.15) is 0 Å². The molecule has 2 aromatic carbocycles. The summed E-state index contributed by atoms with van der Waals surface area (Å²) in [4.78, 5) is 22.6. The molecule has 0 radical (unpaired) electrons.